The molecule has 0 aromatic heterocycles. The maximum absolute atomic E-state index is 8.34. The van der Waals surface area contributed by atoms with Crippen LogP contribution in [0, 0.1) is 0 Å². The van der Waals surface area contributed by atoms with Crippen LogP contribution in [0.4, 0.5) is 0 Å². The molecule has 1 nitrogen and oxygen atoms in total. The molecule has 0 unspecified atom stereocenters. The summed E-state index contributed by atoms with van der Waals surface area (Å²) in [6.07, 6.45) is 0. The molecular weight excluding hydrogens is 194 g/mol. The van der Waals surface area contributed by atoms with Crippen LogP contribution in [-0.2, 0) is 0 Å². The Morgan fingerprint density at radius 2 is 1.62 bits per heavy atom. The number of hydrogen-bond donors (Lipinski definition) is 1. The van der Waals surface area contributed by atoms with Gasteiger partial charge >= 0.3 is 0 Å². The van der Waals surface area contributed by atoms with Crippen molar-refractivity contribution in [2.24, 2.45) is 0 Å². The summed E-state index contributed by atoms with van der Waals surface area (Å²) in [5.74, 6) is 0. The van der Waals surface area contributed by atoms with Crippen LogP contribution < -0.4 is 0 Å². The molecule has 0 amide bonds. The van der Waals surface area contributed by atoms with Crippen molar-refractivity contribution < 1.29 is 5.11 Å². The second kappa shape index (κ2) is 3.67. The molecule has 0 radical (unpaired) electrons. The molecule has 0 heterocycles. The van der Waals surface area contributed by atoms with Crippen molar-refractivity contribution in [2.75, 3.05) is 0 Å². The van der Waals surface area contributed by atoms with Gasteiger partial charge in [-0.25, -0.2) is 0 Å². The van der Waals surface area contributed by atoms with Gasteiger partial charge in [0.2, 0.25) is 5.22 Å². The van der Waals surface area contributed by atoms with Crippen LogP contribution >= 0.6 is 46.4 Å². The Morgan fingerprint density at radius 3 is 1.62 bits per heavy atom. The van der Waals surface area contributed by atoms with E-state index in [-0.39, 0.29) is 5.03 Å². The van der Waals surface area contributed by atoms with E-state index in [9.17, 15) is 0 Å². The summed E-state index contributed by atoms with van der Waals surface area (Å²) in [6, 6.07) is 0. The average molecular weight is 196 g/mol. The third-order valence-corrected chi connectivity index (χ3v) is 1.75. The summed E-state index contributed by atoms with van der Waals surface area (Å²) >= 11 is 20.5. The molecule has 0 saturated heterocycles. The molecule has 0 fully saturated rings. The zero-order valence-electron chi connectivity index (χ0n) is 3.54. The summed E-state index contributed by atoms with van der Waals surface area (Å²) in [5, 5.41) is 7.61. The van der Waals surface area contributed by atoms with Gasteiger partial charge in [-0.2, -0.15) is 0 Å². The largest absolute Gasteiger partial charge is 0.498 e. The first-order valence-electron chi connectivity index (χ1n) is 1.58. The first-order chi connectivity index (χ1) is 3.55. The van der Waals surface area contributed by atoms with Crippen molar-refractivity contribution in [1.29, 1.82) is 0 Å². The third kappa shape index (κ3) is 2.88. The molecule has 0 rings (SSSR count). The molecule has 1 N–H and O–H groups in total. The molecule has 0 aromatic rings. The van der Waals surface area contributed by atoms with E-state index < -0.39 is 10.1 Å². The van der Waals surface area contributed by atoms with Gasteiger partial charge in [0.1, 0.15) is 9.87 Å². The normalized spacial score (nSPS) is 14.1. The van der Waals surface area contributed by atoms with Gasteiger partial charge in [-0.1, -0.05) is 34.8 Å². The van der Waals surface area contributed by atoms with Gasteiger partial charge in [0, 0.05) is 0 Å². The Kier molecular flexibility index (Phi) is 4.00. The average Bonchev–Trinajstić information content (AvgIpc) is 1.64. The minimum absolute atomic E-state index is 0.157. The Morgan fingerprint density at radius 1 is 1.25 bits per heavy atom. The zero-order valence-corrected chi connectivity index (χ0v) is 6.56. The van der Waals surface area contributed by atoms with Crippen LogP contribution in [0.5, 0.6) is 0 Å². The monoisotopic (exact) mass is 194 g/mol. The highest BCUT2D eigenvalue weighted by Crippen LogP contribution is 2.22. The third-order valence-electron chi connectivity index (χ3n) is 0.389. The number of halogens is 4. The first-order valence-corrected chi connectivity index (χ1v) is 3.21. The van der Waals surface area contributed by atoms with Crippen molar-refractivity contribution in [3.8, 4) is 0 Å². The Labute approximate surface area is 66.8 Å². The van der Waals surface area contributed by atoms with Crippen molar-refractivity contribution in [2.45, 2.75) is 4.84 Å². The van der Waals surface area contributed by atoms with Crippen LogP contribution in [0.25, 0.3) is 0 Å². The van der Waals surface area contributed by atoms with Crippen molar-refractivity contribution in [1.82, 2.24) is 0 Å². The van der Waals surface area contributed by atoms with Gasteiger partial charge < -0.3 is 5.11 Å². The Bertz CT molecular complexity index is 104. The van der Waals surface area contributed by atoms with Gasteiger partial charge in [-0.05, 0) is 11.6 Å². The summed E-state index contributed by atoms with van der Waals surface area (Å²) in [5.41, 5.74) is 0. The summed E-state index contributed by atoms with van der Waals surface area (Å²) in [4.78, 5) is -0.950. The fraction of sp³-hybridized carbons (Fsp3) is 0.333. The summed E-state index contributed by atoms with van der Waals surface area (Å²) in [6.45, 7) is 0. The summed E-state index contributed by atoms with van der Waals surface area (Å²) in [7, 11) is 0. The van der Waals surface area contributed by atoms with Crippen molar-refractivity contribution in [3.05, 3.63) is 10.3 Å². The molecule has 8 heavy (non-hydrogen) atoms. The number of aliphatic hydroxyl groups excluding tert-OH is 1. The number of rotatable bonds is 1. The lowest BCUT2D eigenvalue weighted by atomic mass is 10.7. The Hall–Kier alpha value is 0.700. The number of alkyl halides is 2. The van der Waals surface area contributed by atoms with E-state index in [1.54, 1.807) is 0 Å². The molecule has 5 heteroatoms. The molecule has 0 saturated carbocycles. The van der Waals surface area contributed by atoms with Crippen LogP contribution in [0.2, 0.25) is 0 Å². The van der Waals surface area contributed by atoms with E-state index in [2.05, 4.69) is 0 Å². The van der Waals surface area contributed by atoms with E-state index in [0.717, 1.165) is 0 Å². The SMILES string of the molecule is O/C(Cl)=C(/Cl)C(Cl)Cl. The predicted molar refractivity (Wildman–Crippen MR) is 36.9 cm³/mol. The molecular formula is C3H2Cl4O. The maximum atomic E-state index is 8.34. The lowest BCUT2D eigenvalue weighted by Gasteiger charge is -1.95. The zero-order chi connectivity index (χ0) is 6.73. The van der Waals surface area contributed by atoms with Crippen LogP contribution in [0.1, 0.15) is 0 Å². The van der Waals surface area contributed by atoms with Crippen molar-refractivity contribution >= 4 is 46.4 Å². The van der Waals surface area contributed by atoms with E-state index in [1.807, 2.05) is 0 Å². The first kappa shape index (κ1) is 8.70. The highest BCUT2D eigenvalue weighted by Gasteiger charge is 2.07. The van der Waals surface area contributed by atoms with Gasteiger partial charge in [0.05, 0.1) is 0 Å². The molecule has 0 aliphatic carbocycles. The van der Waals surface area contributed by atoms with Gasteiger partial charge in [0.15, 0.2) is 0 Å². The van der Waals surface area contributed by atoms with E-state index in [4.69, 9.17) is 51.5 Å². The second-order valence-electron chi connectivity index (χ2n) is 0.939. The highest BCUT2D eigenvalue weighted by molar-refractivity contribution is 6.53. The lowest BCUT2D eigenvalue weighted by molar-refractivity contribution is 0.449. The van der Waals surface area contributed by atoms with E-state index in [1.165, 1.54) is 0 Å². The quantitative estimate of drug-likeness (QED) is 0.504. The number of hydrogen-bond acceptors (Lipinski definition) is 1. The van der Waals surface area contributed by atoms with Gasteiger partial charge in [-0.3, -0.25) is 0 Å². The minimum atomic E-state index is -0.950. The standard InChI is InChI=1S/C3H2Cl4O/c4-1(2(5)6)3(7)8/h2,8H/b3-1+. The molecule has 0 bridgehead atoms. The smallest absolute Gasteiger partial charge is 0.202 e. The molecule has 0 aliphatic heterocycles. The summed E-state index contributed by atoms with van der Waals surface area (Å²) < 4.78 is 0. The van der Waals surface area contributed by atoms with E-state index in [0.29, 0.717) is 0 Å². The van der Waals surface area contributed by atoms with Crippen LogP contribution in [0.15, 0.2) is 10.3 Å². The lowest BCUT2D eigenvalue weighted by Crippen LogP contribution is -1.87. The topological polar surface area (TPSA) is 20.2 Å². The maximum Gasteiger partial charge on any atom is 0.202 e. The molecule has 48 valence electrons. The molecule has 0 aliphatic rings. The minimum Gasteiger partial charge on any atom is -0.498 e. The number of allylic oxidation sites excluding steroid dienone is 1. The highest BCUT2D eigenvalue weighted by atomic mass is 35.5. The van der Waals surface area contributed by atoms with Crippen LogP contribution in [0.3, 0.4) is 0 Å². The predicted octanol–water partition coefficient (Wildman–Crippen LogP) is 2.99. The van der Waals surface area contributed by atoms with Crippen LogP contribution in [-0.4, -0.2) is 9.94 Å². The van der Waals surface area contributed by atoms with Gasteiger partial charge in [-0.15, -0.1) is 0 Å². The number of aliphatic hydroxyl groups is 1. The second-order valence-corrected chi connectivity index (χ2v) is 2.80. The Balaban J connectivity index is 4.00. The fourth-order valence-corrected chi connectivity index (χ4v) is 0.518. The fourth-order valence-electron chi connectivity index (χ4n) is 0.0900. The molecule has 0 spiro atoms. The van der Waals surface area contributed by atoms with Crippen molar-refractivity contribution in [3.63, 3.8) is 0 Å². The van der Waals surface area contributed by atoms with Gasteiger partial charge in [0.25, 0.3) is 0 Å². The molecule has 0 aromatic carbocycles. The molecule has 0 atom stereocenters. The van der Waals surface area contributed by atoms with E-state index >= 15 is 0 Å².